The molecule has 0 unspecified atom stereocenters. The van der Waals surface area contributed by atoms with E-state index in [0.717, 1.165) is 30.9 Å². The first-order chi connectivity index (χ1) is 9.81. The Morgan fingerprint density at radius 2 is 2.00 bits per heavy atom. The molecule has 1 aromatic rings. The summed E-state index contributed by atoms with van der Waals surface area (Å²) in [5, 5.41) is 0. The third-order valence-electron chi connectivity index (χ3n) is 4.50. The minimum atomic E-state index is 0.795. The van der Waals surface area contributed by atoms with Gasteiger partial charge in [0.25, 0.3) is 0 Å². The van der Waals surface area contributed by atoms with Gasteiger partial charge in [0, 0.05) is 24.3 Å². The standard InChI is InChI=1S/C17H26N2O/c1-2-3-4-11-20-17-14-8-6-10-19-9-5-7-13(16(14)19)12-15(17)18/h12H,2-11,18H2,1H3. The van der Waals surface area contributed by atoms with Crippen LogP contribution in [0.1, 0.15) is 50.2 Å². The molecular weight excluding hydrogens is 248 g/mol. The normalized spacial score (nSPS) is 16.9. The lowest BCUT2D eigenvalue weighted by Gasteiger charge is -2.38. The molecule has 3 heteroatoms. The van der Waals surface area contributed by atoms with Gasteiger partial charge >= 0.3 is 0 Å². The van der Waals surface area contributed by atoms with Crippen molar-refractivity contribution in [1.29, 1.82) is 0 Å². The monoisotopic (exact) mass is 274 g/mol. The van der Waals surface area contributed by atoms with Crippen LogP contribution < -0.4 is 15.4 Å². The molecule has 0 saturated heterocycles. The zero-order valence-corrected chi connectivity index (χ0v) is 12.6. The topological polar surface area (TPSA) is 38.5 Å². The second-order valence-corrected chi connectivity index (χ2v) is 6.03. The third kappa shape index (κ3) is 2.46. The Bertz CT molecular complexity index is 482. The summed E-state index contributed by atoms with van der Waals surface area (Å²) in [6.45, 7) is 5.40. The molecule has 1 aromatic carbocycles. The second kappa shape index (κ2) is 5.94. The summed E-state index contributed by atoms with van der Waals surface area (Å²) in [5.41, 5.74) is 11.4. The molecule has 2 aliphatic rings. The maximum Gasteiger partial charge on any atom is 0.147 e. The number of nitrogens with two attached hydrogens (primary N) is 1. The van der Waals surface area contributed by atoms with E-state index in [4.69, 9.17) is 10.5 Å². The Labute approximate surface area is 122 Å². The van der Waals surface area contributed by atoms with E-state index < -0.39 is 0 Å². The lowest BCUT2D eigenvalue weighted by atomic mass is 9.90. The number of anilines is 2. The summed E-state index contributed by atoms with van der Waals surface area (Å²) in [7, 11) is 0. The number of nitrogen functional groups attached to an aromatic ring is 1. The van der Waals surface area contributed by atoms with E-state index in [2.05, 4.69) is 17.9 Å². The summed E-state index contributed by atoms with van der Waals surface area (Å²) < 4.78 is 6.06. The summed E-state index contributed by atoms with van der Waals surface area (Å²) in [5.74, 6) is 0.978. The highest BCUT2D eigenvalue weighted by atomic mass is 16.5. The molecule has 0 radical (unpaired) electrons. The van der Waals surface area contributed by atoms with Gasteiger partial charge in [0.1, 0.15) is 5.75 Å². The molecule has 3 rings (SSSR count). The molecule has 3 nitrogen and oxygen atoms in total. The van der Waals surface area contributed by atoms with Crippen molar-refractivity contribution in [3.8, 4) is 5.75 Å². The Hall–Kier alpha value is -1.38. The fraction of sp³-hybridized carbons (Fsp3) is 0.647. The van der Waals surface area contributed by atoms with Crippen LogP contribution in [0.25, 0.3) is 0 Å². The van der Waals surface area contributed by atoms with Crippen LogP contribution in [0.4, 0.5) is 11.4 Å². The number of hydrogen-bond donors (Lipinski definition) is 1. The molecule has 0 aliphatic carbocycles. The van der Waals surface area contributed by atoms with Crippen LogP contribution >= 0.6 is 0 Å². The summed E-state index contributed by atoms with van der Waals surface area (Å²) in [6.07, 6.45) is 8.34. The largest absolute Gasteiger partial charge is 0.491 e. The van der Waals surface area contributed by atoms with Gasteiger partial charge in [-0.05, 0) is 43.7 Å². The maximum atomic E-state index is 6.26. The van der Waals surface area contributed by atoms with Crippen molar-refractivity contribution in [2.45, 2.75) is 51.9 Å². The van der Waals surface area contributed by atoms with E-state index in [0.29, 0.717) is 0 Å². The first-order valence-electron chi connectivity index (χ1n) is 8.13. The van der Waals surface area contributed by atoms with Gasteiger partial charge in [0.05, 0.1) is 12.3 Å². The van der Waals surface area contributed by atoms with Crippen molar-refractivity contribution in [2.24, 2.45) is 0 Å². The van der Waals surface area contributed by atoms with Crippen LogP contribution in [0.5, 0.6) is 5.75 Å². The predicted molar refractivity (Wildman–Crippen MR) is 84.7 cm³/mol. The highest BCUT2D eigenvalue weighted by Gasteiger charge is 2.27. The number of ether oxygens (including phenoxy) is 1. The quantitative estimate of drug-likeness (QED) is 0.659. The van der Waals surface area contributed by atoms with Gasteiger partial charge in [-0.25, -0.2) is 0 Å². The van der Waals surface area contributed by atoms with Crippen molar-refractivity contribution >= 4 is 11.4 Å². The first-order valence-corrected chi connectivity index (χ1v) is 8.13. The Balaban J connectivity index is 1.88. The first kappa shape index (κ1) is 13.6. The van der Waals surface area contributed by atoms with Crippen LogP contribution in [0, 0.1) is 0 Å². The second-order valence-electron chi connectivity index (χ2n) is 6.03. The van der Waals surface area contributed by atoms with Crippen molar-refractivity contribution in [3.63, 3.8) is 0 Å². The van der Waals surface area contributed by atoms with Gasteiger partial charge < -0.3 is 15.4 Å². The van der Waals surface area contributed by atoms with Crippen molar-refractivity contribution in [3.05, 3.63) is 17.2 Å². The van der Waals surface area contributed by atoms with Gasteiger partial charge in [-0.2, -0.15) is 0 Å². The average molecular weight is 274 g/mol. The zero-order valence-electron chi connectivity index (χ0n) is 12.6. The van der Waals surface area contributed by atoms with Crippen LogP contribution in [-0.2, 0) is 12.8 Å². The van der Waals surface area contributed by atoms with Crippen molar-refractivity contribution < 1.29 is 4.74 Å². The molecule has 0 spiro atoms. The SMILES string of the molecule is CCCCCOc1c(N)cc2c3c1CCCN3CCC2. The predicted octanol–water partition coefficient (Wildman–Crippen LogP) is 3.54. The summed E-state index contributed by atoms with van der Waals surface area (Å²) in [6, 6.07) is 2.16. The molecule has 0 bridgehead atoms. The van der Waals surface area contributed by atoms with Gasteiger partial charge in [0.2, 0.25) is 0 Å². The van der Waals surface area contributed by atoms with Crippen molar-refractivity contribution in [1.82, 2.24) is 0 Å². The molecule has 0 atom stereocenters. The molecule has 2 aliphatic heterocycles. The van der Waals surface area contributed by atoms with E-state index in [-0.39, 0.29) is 0 Å². The molecule has 2 N–H and O–H groups in total. The Kier molecular flexibility index (Phi) is 4.04. The van der Waals surface area contributed by atoms with Crippen LogP contribution in [-0.4, -0.2) is 19.7 Å². The van der Waals surface area contributed by atoms with E-state index in [9.17, 15) is 0 Å². The van der Waals surface area contributed by atoms with E-state index in [1.807, 2.05) is 0 Å². The number of hydrogen-bond acceptors (Lipinski definition) is 3. The van der Waals surface area contributed by atoms with E-state index in [1.54, 1.807) is 0 Å². The molecule has 2 heterocycles. The molecule has 0 aromatic heterocycles. The maximum absolute atomic E-state index is 6.26. The van der Waals surface area contributed by atoms with Crippen LogP contribution in [0.2, 0.25) is 0 Å². The third-order valence-corrected chi connectivity index (χ3v) is 4.50. The molecular formula is C17H26N2O. The highest BCUT2D eigenvalue weighted by Crippen LogP contribution is 2.43. The van der Waals surface area contributed by atoms with E-state index in [1.165, 1.54) is 62.0 Å². The lowest BCUT2D eigenvalue weighted by molar-refractivity contribution is 0.304. The number of nitrogens with zero attached hydrogens (tertiary/aromatic N) is 1. The number of rotatable bonds is 5. The molecule has 0 saturated carbocycles. The van der Waals surface area contributed by atoms with Crippen LogP contribution in [0.3, 0.4) is 0 Å². The van der Waals surface area contributed by atoms with E-state index >= 15 is 0 Å². The highest BCUT2D eigenvalue weighted by molar-refractivity contribution is 5.74. The van der Waals surface area contributed by atoms with Crippen molar-refractivity contribution in [2.75, 3.05) is 30.3 Å². The van der Waals surface area contributed by atoms with Gasteiger partial charge in [-0.15, -0.1) is 0 Å². The summed E-state index contributed by atoms with van der Waals surface area (Å²) in [4.78, 5) is 2.54. The zero-order chi connectivity index (χ0) is 13.9. The molecule has 0 amide bonds. The smallest absolute Gasteiger partial charge is 0.147 e. The fourth-order valence-electron chi connectivity index (χ4n) is 3.55. The molecule has 20 heavy (non-hydrogen) atoms. The minimum Gasteiger partial charge on any atom is -0.491 e. The van der Waals surface area contributed by atoms with Gasteiger partial charge in [0.15, 0.2) is 0 Å². The molecule has 110 valence electrons. The Morgan fingerprint density at radius 1 is 1.20 bits per heavy atom. The fourth-order valence-corrected chi connectivity index (χ4v) is 3.55. The number of benzene rings is 1. The Morgan fingerprint density at radius 3 is 2.80 bits per heavy atom. The minimum absolute atomic E-state index is 0.795. The van der Waals surface area contributed by atoms with Gasteiger partial charge in [-0.1, -0.05) is 19.8 Å². The molecule has 0 fully saturated rings. The number of unbranched alkanes of at least 4 members (excludes halogenated alkanes) is 2. The number of aryl methyl sites for hydroxylation is 1. The summed E-state index contributed by atoms with van der Waals surface area (Å²) >= 11 is 0. The van der Waals surface area contributed by atoms with Crippen LogP contribution in [0.15, 0.2) is 6.07 Å². The average Bonchev–Trinajstić information content (AvgIpc) is 2.46. The lowest BCUT2D eigenvalue weighted by Crippen LogP contribution is -2.34. The van der Waals surface area contributed by atoms with Gasteiger partial charge in [-0.3, -0.25) is 0 Å².